The van der Waals surface area contributed by atoms with Gasteiger partial charge in [0, 0.05) is 12.1 Å². The molecular weight excluding hydrogens is 220 g/mol. The van der Waals surface area contributed by atoms with Crippen LogP contribution in [0.1, 0.15) is 38.5 Å². The molecule has 0 saturated heterocycles. The number of hydrogen-bond donors (Lipinski definition) is 1. The van der Waals surface area contributed by atoms with Crippen LogP contribution in [0.5, 0.6) is 0 Å². The third kappa shape index (κ3) is 2.98. The molecule has 0 aliphatic heterocycles. The molecule has 0 aromatic rings. The zero-order valence-electron chi connectivity index (χ0n) is 11.0. The first-order valence-corrected chi connectivity index (χ1v) is 6.36. The molecule has 1 atom stereocenters. The Labute approximate surface area is 110 Å². The van der Waals surface area contributed by atoms with E-state index in [4.69, 9.17) is 5.41 Å². The minimum Gasteiger partial charge on any atom is -0.310 e. The lowest BCUT2D eigenvalue weighted by Crippen LogP contribution is -2.39. The quantitative estimate of drug-likeness (QED) is 0.689. The SMILES string of the molecule is C=CCC1(C#N)CC(=N)CC(CC=C)(CC=C)C1. The maximum atomic E-state index is 9.51. The predicted molar refractivity (Wildman–Crippen MR) is 76.5 cm³/mol. The average Bonchev–Trinajstić information content (AvgIpc) is 2.29. The second-order valence-corrected chi connectivity index (χ2v) is 5.50. The summed E-state index contributed by atoms with van der Waals surface area (Å²) in [7, 11) is 0. The van der Waals surface area contributed by atoms with Crippen molar-refractivity contribution in [2.45, 2.75) is 38.5 Å². The minimum absolute atomic E-state index is 0.0441. The molecule has 1 fully saturated rings. The first-order chi connectivity index (χ1) is 8.55. The number of hydrogen-bond acceptors (Lipinski definition) is 2. The Morgan fingerprint density at radius 3 is 2.11 bits per heavy atom. The van der Waals surface area contributed by atoms with Crippen molar-refractivity contribution in [2.75, 3.05) is 0 Å². The Bertz CT molecular complexity index is 390. The smallest absolute Gasteiger partial charge is 0.0697 e. The van der Waals surface area contributed by atoms with Gasteiger partial charge in [0.05, 0.1) is 11.5 Å². The third-order valence-corrected chi connectivity index (χ3v) is 3.78. The number of nitrogens with zero attached hydrogens (tertiary/aromatic N) is 1. The second-order valence-electron chi connectivity index (χ2n) is 5.50. The largest absolute Gasteiger partial charge is 0.310 e. The van der Waals surface area contributed by atoms with Crippen molar-refractivity contribution in [3.63, 3.8) is 0 Å². The first kappa shape index (κ1) is 14.4. The summed E-state index contributed by atoms with van der Waals surface area (Å²) in [6, 6.07) is 2.44. The van der Waals surface area contributed by atoms with Crippen molar-refractivity contribution in [3.05, 3.63) is 38.0 Å². The topological polar surface area (TPSA) is 47.6 Å². The van der Waals surface area contributed by atoms with Gasteiger partial charge in [-0.15, -0.1) is 19.7 Å². The van der Waals surface area contributed by atoms with E-state index in [0.717, 1.165) is 25.7 Å². The molecule has 1 saturated carbocycles. The Morgan fingerprint density at radius 1 is 1.11 bits per heavy atom. The standard InChI is InChI=1S/C16H22N2/c1-4-7-15(8-5-2)10-14(18)11-16(12-15,13-17)9-6-3/h4-6,18H,1-3,7-12H2. The lowest BCUT2D eigenvalue weighted by molar-refractivity contribution is 0.162. The van der Waals surface area contributed by atoms with Gasteiger partial charge >= 0.3 is 0 Å². The summed E-state index contributed by atoms with van der Waals surface area (Å²) in [5.41, 5.74) is 0.175. The highest BCUT2D eigenvalue weighted by molar-refractivity contribution is 5.84. The maximum absolute atomic E-state index is 9.51. The van der Waals surface area contributed by atoms with E-state index in [-0.39, 0.29) is 5.41 Å². The highest BCUT2D eigenvalue weighted by Gasteiger charge is 2.45. The third-order valence-electron chi connectivity index (χ3n) is 3.78. The van der Waals surface area contributed by atoms with Crippen LogP contribution < -0.4 is 0 Å². The number of rotatable bonds is 6. The van der Waals surface area contributed by atoms with Gasteiger partial charge in [-0.1, -0.05) is 18.2 Å². The summed E-state index contributed by atoms with van der Waals surface area (Å²) in [4.78, 5) is 0. The molecule has 1 unspecified atom stereocenters. The molecule has 0 aromatic carbocycles. The Morgan fingerprint density at radius 2 is 1.67 bits per heavy atom. The second kappa shape index (κ2) is 5.82. The fraction of sp³-hybridized carbons (Fsp3) is 0.500. The lowest BCUT2D eigenvalue weighted by atomic mass is 9.58. The van der Waals surface area contributed by atoms with Crippen LogP contribution in [0.15, 0.2) is 38.0 Å². The van der Waals surface area contributed by atoms with Crippen LogP contribution in [0.2, 0.25) is 0 Å². The van der Waals surface area contributed by atoms with E-state index in [2.05, 4.69) is 25.8 Å². The molecule has 0 amide bonds. The molecule has 1 aliphatic carbocycles. The van der Waals surface area contributed by atoms with Gasteiger partial charge in [0.25, 0.3) is 0 Å². The van der Waals surface area contributed by atoms with E-state index >= 15 is 0 Å². The monoisotopic (exact) mass is 242 g/mol. The first-order valence-electron chi connectivity index (χ1n) is 6.36. The van der Waals surface area contributed by atoms with Crippen molar-refractivity contribution >= 4 is 5.71 Å². The molecule has 96 valence electrons. The summed E-state index contributed by atoms with van der Waals surface area (Å²) >= 11 is 0. The summed E-state index contributed by atoms with van der Waals surface area (Å²) in [6.45, 7) is 11.4. The van der Waals surface area contributed by atoms with Crippen molar-refractivity contribution < 1.29 is 0 Å². The van der Waals surface area contributed by atoms with Gasteiger partial charge < -0.3 is 5.41 Å². The van der Waals surface area contributed by atoms with Crippen LogP contribution in [0.4, 0.5) is 0 Å². The van der Waals surface area contributed by atoms with Gasteiger partial charge in [0.2, 0.25) is 0 Å². The van der Waals surface area contributed by atoms with Crippen LogP contribution in [0.25, 0.3) is 0 Å². The van der Waals surface area contributed by atoms with E-state index in [1.807, 2.05) is 12.2 Å². The molecule has 1 rings (SSSR count). The Balaban J connectivity index is 3.09. The van der Waals surface area contributed by atoms with Gasteiger partial charge in [-0.3, -0.25) is 0 Å². The summed E-state index contributed by atoms with van der Waals surface area (Å²) in [5, 5.41) is 17.6. The minimum atomic E-state index is -0.455. The van der Waals surface area contributed by atoms with Gasteiger partial charge in [-0.2, -0.15) is 5.26 Å². The molecule has 1 N–H and O–H groups in total. The van der Waals surface area contributed by atoms with E-state index in [1.165, 1.54) is 0 Å². The van der Waals surface area contributed by atoms with Gasteiger partial charge in [0.1, 0.15) is 0 Å². The fourth-order valence-electron chi connectivity index (χ4n) is 3.30. The van der Waals surface area contributed by atoms with Crippen molar-refractivity contribution in [1.29, 1.82) is 10.7 Å². The Kier molecular flexibility index (Phi) is 4.67. The summed E-state index contributed by atoms with van der Waals surface area (Å²) in [6.07, 6.45) is 10.1. The molecule has 2 heteroatoms. The van der Waals surface area contributed by atoms with E-state index in [0.29, 0.717) is 18.6 Å². The van der Waals surface area contributed by atoms with Crippen LogP contribution in [-0.4, -0.2) is 5.71 Å². The molecular formula is C16H22N2. The normalized spacial score (nSPS) is 26.1. The van der Waals surface area contributed by atoms with Crippen molar-refractivity contribution in [2.24, 2.45) is 10.8 Å². The molecule has 0 radical (unpaired) electrons. The van der Waals surface area contributed by atoms with Crippen molar-refractivity contribution in [1.82, 2.24) is 0 Å². The van der Waals surface area contributed by atoms with Gasteiger partial charge in [-0.25, -0.2) is 0 Å². The van der Waals surface area contributed by atoms with Crippen LogP contribution in [-0.2, 0) is 0 Å². The lowest BCUT2D eigenvalue weighted by Gasteiger charge is -2.44. The van der Waals surface area contributed by atoms with E-state index in [9.17, 15) is 5.26 Å². The number of nitriles is 1. The van der Waals surface area contributed by atoms with E-state index in [1.54, 1.807) is 6.08 Å². The molecule has 18 heavy (non-hydrogen) atoms. The highest BCUT2D eigenvalue weighted by atomic mass is 14.6. The van der Waals surface area contributed by atoms with Gasteiger partial charge in [-0.05, 0) is 37.5 Å². The highest BCUT2D eigenvalue weighted by Crippen LogP contribution is 2.51. The molecule has 2 nitrogen and oxygen atoms in total. The van der Waals surface area contributed by atoms with Crippen molar-refractivity contribution in [3.8, 4) is 6.07 Å². The molecule has 0 bridgehead atoms. The predicted octanol–water partition coefficient (Wildman–Crippen LogP) is 4.41. The Hall–Kier alpha value is -1.62. The maximum Gasteiger partial charge on any atom is 0.0697 e. The average molecular weight is 242 g/mol. The van der Waals surface area contributed by atoms with Crippen LogP contribution in [0, 0.1) is 27.6 Å². The zero-order chi connectivity index (χ0) is 13.6. The van der Waals surface area contributed by atoms with Crippen LogP contribution >= 0.6 is 0 Å². The molecule has 1 aliphatic rings. The summed E-state index contributed by atoms with van der Waals surface area (Å²) < 4.78 is 0. The zero-order valence-corrected chi connectivity index (χ0v) is 11.0. The molecule has 0 spiro atoms. The van der Waals surface area contributed by atoms with E-state index < -0.39 is 5.41 Å². The number of nitrogens with one attached hydrogen (secondary N) is 1. The molecule has 0 heterocycles. The number of allylic oxidation sites excluding steroid dienone is 3. The molecule has 0 aromatic heterocycles. The van der Waals surface area contributed by atoms with Crippen LogP contribution in [0.3, 0.4) is 0 Å². The fourth-order valence-corrected chi connectivity index (χ4v) is 3.30. The van der Waals surface area contributed by atoms with Gasteiger partial charge in [0.15, 0.2) is 0 Å². The summed E-state index contributed by atoms with van der Waals surface area (Å²) in [5.74, 6) is 0.